The van der Waals surface area contributed by atoms with Gasteiger partial charge in [0.25, 0.3) is 0 Å². The molecule has 17 heavy (non-hydrogen) atoms. The molecule has 3 atom stereocenters. The van der Waals surface area contributed by atoms with Crippen molar-refractivity contribution in [1.29, 1.82) is 0 Å². The number of aliphatic hydroxyl groups is 1. The average Bonchev–Trinajstić information content (AvgIpc) is 2.34. The summed E-state index contributed by atoms with van der Waals surface area (Å²) in [5.74, 6) is 0.689. The molecule has 0 bridgehead atoms. The first-order valence-corrected chi connectivity index (χ1v) is 7.38. The molecule has 1 N–H and O–H groups in total. The second kappa shape index (κ2) is 7.38. The first-order valence-electron chi connectivity index (χ1n) is 7.38. The summed E-state index contributed by atoms with van der Waals surface area (Å²) in [7, 11) is 1.77. The summed E-state index contributed by atoms with van der Waals surface area (Å²) in [5, 5.41) is 10.4. The summed E-state index contributed by atoms with van der Waals surface area (Å²) in [6, 6.07) is 0. The van der Waals surface area contributed by atoms with E-state index >= 15 is 0 Å². The van der Waals surface area contributed by atoms with E-state index in [2.05, 4.69) is 13.8 Å². The Morgan fingerprint density at radius 3 is 2.71 bits per heavy atom. The van der Waals surface area contributed by atoms with Gasteiger partial charge in [-0.2, -0.15) is 0 Å². The highest BCUT2D eigenvalue weighted by atomic mass is 16.5. The fraction of sp³-hybridized carbons (Fsp3) is 1.00. The van der Waals surface area contributed by atoms with Crippen molar-refractivity contribution in [3.05, 3.63) is 0 Å². The van der Waals surface area contributed by atoms with Crippen molar-refractivity contribution in [3.63, 3.8) is 0 Å². The smallest absolute Gasteiger partial charge is 0.0938 e. The van der Waals surface area contributed by atoms with E-state index in [1.54, 1.807) is 7.11 Å². The number of rotatable bonds is 7. The zero-order valence-corrected chi connectivity index (χ0v) is 11.9. The maximum atomic E-state index is 10.4. The monoisotopic (exact) mass is 242 g/mol. The molecule has 0 amide bonds. The molecular formula is C15H30O2. The van der Waals surface area contributed by atoms with Gasteiger partial charge in [-0.15, -0.1) is 0 Å². The van der Waals surface area contributed by atoms with Crippen molar-refractivity contribution in [2.75, 3.05) is 7.11 Å². The predicted octanol–water partition coefficient (Wildman–Crippen LogP) is 3.91. The molecule has 1 saturated carbocycles. The molecule has 0 aliphatic heterocycles. The Balaban J connectivity index is 2.41. The molecule has 1 aliphatic carbocycles. The molecule has 0 heterocycles. The molecule has 0 aromatic carbocycles. The molecule has 0 radical (unpaired) electrons. The van der Waals surface area contributed by atoms with Gasteiger partial charge in [0, 0.05) is 7.11 Å². The summed E-state index contributed by atoms with van der Waals surface area (Å²) in [6.45, 7) is 4.49. The van der Waals surface area contributed by atoms with Crippen LogP contribution < -0.4 is 0 Å². The Bertz CT molecular complexity index is 205. The number of aliphatic hydroxyl groups excluding tert-OH is 1. The van der Waals surface area contributed by atoms with Crippen LogP contribution in [0.25, 0.3) is 0 Å². The molecular weight excluding hydrogens is 212 g/mol. The van der Waals surface area contributed by atoms with Crippen LogP contribution in [0.4, 0.5) is 0 Å². The molecule has 1 rings (SSSR count). The van der Waals surface area contributed by atoms with Crippen LogP contribution in [0.5, 0.6) is 0 Å². The van der Waals surface area contributed by atoms with E-state index in [-0.39, 0.29) is 11.7 Å². The summed E-state index contributed by atoms with van der Waals surface area (Å²) in [5.41, 5.74) is -0.246. The van der Waals surface area contributed by atoms with Crippen LogP contribution in [0.2, 0.25) is 0 Å². The third kappa shape index (κ3) is 4.26. The van der Waals surface area contributed by atoms with Gasteiger partial charge in [0.15, 0.2) is 0 Å². The Morgan fingerprint density at radius 2 is 2.12 bits per heavy atom. The van der Waals surface area contributed by atoms with Crippen LogP contribution in [-0.4, -0.2) is 23.9 Å². The molecule has 102 valence electrons. The lowest BCUT2D eigenvalue weighted by atomic mass is 9.74. The minimum Gasteiger partial charge on any atom is -0.390 e. The zero-order chi connectivity index (χ0) is 12.7. The van der Waals surface area contributed by atoms with E-state index in [9.17, 15) is 5.11 Å². The fourth-order valence-electron chi connectivity index (χ4n) is 3.20. The van der Waals surface area contributed by atoms with Gasteiger partial charge in [0.2, 0.25) is 0 Å². The van der Waals surface area contributed by atoms with Gasteiger partial charge < -0.3 is 9.84 Å². The van der Waals surface area contributed by atoms with E-state index < -0.39 is 0 Å². The van der Waals surface area contributed by atoms with Crippen molar-refractivity contribution in [1.82, 2.24) is 0 Å². The van der Waals surface area contributed by atoms with Gasteiger partial charge >= 0.3 is 0 Å². The van der Waals surface area contributed by atoms with Crippen molar-refractivity contribution >= 4 is 0 Å². The van der Waals surface area contributed by atoms with E-state index in [0.29, 0.717) is 5.92 Å². The maximum absolute atomic E-state index is 10.4. The SMILES string of the molecule is CCCCCCC(O)C1(OC)CCCC(C)C1. The topological polar surface area (TPSA) is 29.5 Å². The number of methoxy groups -OCH3 is 1. The van der Waals surface area contributed by atoms with Gasteiger partial charge in [-0.1, -0.05) is 52.4 Å². The second-order valence-corrected chi connectivity index (χ2v) is 5.84. The minimum absolute atomic E-state index is 0.246. The molecule has 0 spiro atoms. The van der Waals surface area contributed by atoms with Crippen LogP contribution in [0, 0.1) is 5.92 Å². The molecule has 2 heteroatoms. The summed E-state index contributed by atoms with van der Waals surface area (Å²) < 4.78 is 5.72. The highest BCUT2D eigenvalue weighted by molar-refractivity contribution is 4.92. The van der Waals surface area contributed by atoms with Gasteiger partial charge in [0.1, 0.15) is 0 Å². The molecule has 1 fully saturated rings. The lowest BCUT2D eigenvalue weighted by Crippen LogP contribution is -2.47. The maximum Gasteiger partial charge on any atom is 0.0938 e. The van der Waals surface area contributed by atoms with Crippen LogP contribution in [0.1, 0.15) is 71.6 Å². The van der Waals surface area contributed by atoms with Gasteiger partial charge in [-0.05, 0) is 25.2 Å². The van der Waals surface area contributed by atoms with Crippen molar-refractivity contribution in [2.45, 2.75) is 83.3 Å². The second-order valence-electron chi connectivity index (χ2n) is 5.84. The van der Waals surface area contributed by atoms with Crippen molar-refractivity contribution in [2.24, 2.45) is 5.92 Å². The number of hydrogen-bond acceptors (Lipinski definition) is 2. The molecule has 0 saturated heterocycles. The van der Waals surface area contributed by atoms with Gasteiger partial charge in [-0.25, -0.2) is 0 Å². The minimum atomic E-state index is -0.271. The number of unbranched alkanes of at least 4 members (excludes halogenated alkanes) is 3. The van der Waals surface area contributed by atoms with Crippen LogP contribution >= 0.6 is 0 Å². The first-order chi connectivity index (χ1) is 8.14. The standard InChI is InChI=1S/C15H30O2/c1-4-5-6-7-10-14(16)15(17-3)11-8-9-13(2)12-15/h13-14,16H,4-12H2,1-3H3. The molecule has 2 nitrogen and oxygen atoms in total. The lowest BCUT2D eigenvalue weighted by Gasteiger charge is -2.42. The summed E-state index contributed by atoms with van der Waals surface area (Å²) in [4.78, 5) is 0. The number of ether oxygens (including phenoxy) is 1. The largest absolute Gasteiger partial charge is 0.390 e. The molecule has 0 aromatic heterocycles. The quantitative estimate of drug-likeness (QED) is 0.686. The first kappa shape index (κ1) is 15.0. The Morgan fingerprint density at radius 1 is 1.35 bits per heavy atom. The van der Waals surface area contributed by atoms with E-state index in [0.717, 1.165) is 25.7 Å². The zero-order valence-electron chi connectivity index (χ0n) is 11.9. The van der Waals surface area contributed by atoms with Crippen molar-refractivity contribution in [3.8, 4) is 0 Å². The third-order valence-electron chi connectivity index (χ3n) is 4.34. The predicted molar refractivity (Wildman–Crippen MR) is 72.1 cm³/mol. The molecule has 3 unspecified atom stereocenters. The van der Waals surface area contributed by atoms with E-state index in [1.807, 2.05) is 0 Å². The highest BCUT2D eigenvalue weighted by Crippen LogP contribution is 2.38. The van der Waals surface area contributed by atoms with Crippen LogP contribution in [0.15, 0.2) is 0 Å². The molecule has 0 aromatic rings. The number of hydrogen-bond donors (Lipinski definition) is 1. The highest BCUT2D eigenvalue weighted by Gasteiger charge is 2.40. The Hall–Kier alpha value is -0.0800. The van der Waals surface area contributed by atoms with Gasteiger partial charge in [0.05, 0.1) is 11.7 Å². The average molecular weight is 242 g/mol. The fourth-order valence-corrected chi connectivity index (χ4v) is 3.20. The van der Waals surface area contributed by atoms with E-state index in [1.165, 1.54) is 32.1 Å². The van der Waals surface area contributed by atoms with Crippen molar-refractivity contribution < 1.29 is 9.84 Å². The third-order valence-corrected chi connectivity index (χ3v) is 4.34. The van der Waals surface area contributed by atoms with E-state index in [4.69, 9.17) is 4.74 Å². The summed E-state index contributed by atoms with van der Waals surface area (Å²) >= 11 is 0. The Labute approximate surface area is 107 Å². The Kier molecular flexibility index (Phi) is 6.50. The van der Waals surface area contributed by atoms with Gasteiger partial charge in [-0.3, -0.25) is 0 Å². The summed E-state index contributed by atoms with van der Waals surface area (Å²) in [6.07, 6.45) is 10.1. The lowest BCUT2D eigenvalue weighted by molar-refractivity contribution is -0.134. The van der Waals surface area contributed by atoms with Crippen LogP contribution in [0.3, 0.4) is 0 Å². The molecule has 1 aliphatic rings. The normalized spacial score (nSPS) is 31.4. The van der Waals surface area contributed by atoms with Crippen LogP contribution in [-0.2, 0) is 4.74 Å².